The van der Waals surface area contributed by atoms with Gasteiger partial charge >= 0.3 is 0 Å². The number of ether oxygens (including phenoxy) is 1. The predicted octanol–water partition coefficient (Wildman–Crippen LogP) is 14.9. The van der Waals surface area contributed by atoms with Crippen molar-refractivity contribution < 1.29 is 39.2 Å². The first kappa shape index (κ1) is 68.4. The Morgan fingerprint density at radius 2 is 0.903 bits per heavy atom. The summed E-state index contributed by atoms with van der Waals surface area (Å²) in [5.74, 6) is 10.5. The Bertz CT molecular complexity index is 3090. The minimum absolute atomic E-state index is 0.0109. The molecule has 0 radical (unpaired) electrons. The number of carbonyl (C=O) groups is 4. The number of aromatic nitrogens is 4. The second-order valence-corrected chi connectivity index (χ2v) is 37.4. The van der Waals surface area contributed by atoms with Crippen molar-refractivity contribution in [3.05, 3.63) is 36.2 Å². The molecule has 15 rings (SSSR count). The summed E-state index contributed by atoms with van der Waals surface area (Å²) in [5.41, 5.74) is 1.76. The second kappa shape index (κ2) is 25.0. The Morgan fingerprint density at radius 1 is 0.505 bits per heavy atom. The quantitative estimate of drug-likeness (QED) is 0.193. The molecule has 12 aliphatic carbocycles. The third-order valence-electron chi connectivity index (χ3n) is 32.4. The lowest BCUT2D eigenvalue weighted by atomic mass is 9.44. The van der Waals surface area contributed by atoms with E-state index in [1.54, 1.807) is 23.4 Å². The molecule has 13 heteroatoms. The van der Waals surface area contributed by atoms with Crippen molar-refractivity contribution >= 4 is 23.1 Å². The van der Waals surface area contributed by atoms with E-state index in [-0.39, 0.29) is 52.4 Å². The Balaban J connectivity index is 0.000000127. The van der Waals surface area contributed by atoms with Crippen LogP contribution in [-0.4, -0.2) is 112 Å². The molecule has 1 saturated heterocycles. The van der Waals surface area contributed by atoms with Crippen molar-refractivity contribution in [2.24, 2.45) is 121 Å². The molecule has 0 bridgehead atoms. The van der Waals surface area contributed by atoms with E-state index in [1.807, 2.05) is 31.5 Å². The fourth-order valence-electron chi connectivity index (χ4n) is 27.0. The van der Waals surface area contributed by atoms with Gasteiger partial charge in [0.2, 0.25) is 0 Å². The summed E-state index contributed by atoms with van der Waals surface area (Å²) in [4.78, 5) is 58.7. The van der Waals surface area contributed by atoms with Crippen LogP contribution in [0.15, 0.2) is 24.9 Å². The lowest BCUT2D eigenvalue weighted by Gasteiger charge is -2.62. The van der Waals surface area contributed by atoms with E-state index in [1.165, 1.54) is 110 Å². The average molecular weight is 1280 g/mol. The zero-order valence-corrected chi connectivity index (χ0v) is 60.0. The highest BCUT2D eigenvalue weighted by Gasteiger charge is 2.66. The number of aryl methyl sites for hydroxylation is 1. The number of ketones is 4. The first-order chi connectivity index (χ1) is 43.8. The maximum atomic E-state index is 13.7. The van der Waals surface area contributed by atoms with Crippen molar-refractivity contribution in [2.45, 2.75) is 292 Å². The van der Waals surface area contributed by atoms with Crippen LogP contribution in [0.25, 0.3) is 0 Å². The lowest BCUT2D eigenvalue weighted by molar-refractivity contribution is -0.152. The van der Waals surface area contributed by atoms with Crippen LogP contribution in [0.1, 0.15) is 266 Å². The zero-order chi connectivity index (χ0) is 66.2. The average Bonchev–Trinajstić information content (AvgIpc) is 1.71. The number of nitrogens with zero attached hydrogens (tertiary/aromatic N) is 5. The highest BCUT2D eigenvalue weighted by Crippen LogP contribution is 2.72. The summed E-state index contributed by atoms with van der Waals surface area (Å²) in [7, 11) is 0. The summed E-state index contributed by atoms with van der Waals surface area (Å²) in [6, 6.07) is 0.0380. The molecule has 13 fully saturated rings. The summed E-state index contributed by atoms with van der Waals surface area (Å²) >= 11 is 0. The first-order valence-electron chi connectivity index (χ1n) is 38.4. The topological polar surface area (TPSA) is 177 Å². The standard InChI is InChI=1S/C27H40N2O3.C27H45NO3.C26H40N2O2/c1-17(30)18-14-28-29(15-18)16-24(31)23-8-7-21-20-6-5-19-13-25(2,32)11-12-26(19,3)22(20)9-10-27(21,23)4;1-18(28-13-15-31-16-14-28)24(29)23-8-7-21-20-6-5-19-17-25(2,30)11-12-26(19,3)22(20)9-10-27(21,23)4;1-17-14-28(16-27-17)15-23(29)22-8-7-20-19-6-5-18-13-24(2,30)11-12-25(18,3)21(19)9-10-26(20,22)4/h14-15,19-23,32H,5-13,16H2,1-4H3;18-23,30H,5-17H2,1-4H3;14,16,18-22,30H,5-13,15H2,1-4H3/t19-,20-,21-,22-,23+,25+,26-,27-;18?,19-,20-,21-,22-,23+,25+,26-,27-;18-,19-,20-,21-,22+,24+,25-,26-/m000/s1. The molecule has 2 aromatic rings. The van der Waals surface area contributed by atoms with Crippen molar-refractivity contribution in [3.8, 4) is 0 Å². The van der Waals surface area contributed by atoms with Crippen LogP contribution in [0.3, 0.4) is 0 Å². The van der Waals surface area contributed by atoms with Gasteiger partial charge in [0.1, 0.15) is 0 Å². The number of imidazole rings is 1. The summed E-state index contributed by atoms with van der Waals surface area (Å²) < 4.78 is 9.14. The molecular weight excluding hydrogens is 1160 g/mol. The molecule has 0 amide bonds. The van der Waals surface area contributed by atoms with Crippen LogP contribution < -0.4 is 0 Å². The smallest absolute Gasteiger partial charge is 0.162 e. The molecule has 13 aliphatic rings. The molecule has 25 atom stereocenters. The van der Waals surface area contributed by atoms with Gasteiger partial charge in [-0.2, -0.15) is 5.10 Å². The fraction of sp³-hybridized carbons (Fsp3) is 0.875. The molecule has 93 heavy (non-hydrogen) atoms. The first-order valence-corrected chi connectivity index (χ1v) is 38.4. The van der Waals surface area contributed by atoms with Crippen LogP contribution in [0, 0.1) is 128 Å². The molecule has 13 nitrogen and oxygen atoms in total. The monoisotopic (exact) mass is 1280 g/mol. The van der Waals surface area contributed by atoms with Gasteiger partial charge in [0.15, 0.2) is 23.1 Å². The minimum atomic E-state index is -0.486. The van der Waals surface area contributed by atoms with Crippen LogP contribution >= 0.6 is 0 Å². The van der Waals surface area contributed by atoms with Crippen LogP contribution in [-0.2, 0) is 32.2 Å². The number of aliphatic hydroxyl groups is 3. The fourth-order valence-corrected chi connectivity index (χ4v) is 27.0. The Hall–Kier alpha value is -3.10. The van der Waals surface area contributed by atoms with E-state index in [4.69, 9.17) is 4.74 Å². The van der Waals surface area contributed by atoms with E-state index in [0.29, 0.717) is 75.3 Å². The zero-order valence-electron chi connectivity index (χ0n) is 60.0. The number of morpholine rings is 1. The molecule has 12 saturated carbocycles. The summed E-state index contributed by atoms with van der Waals surface area (Å²) in [5, 5.41) is 36.4. The molecule has 3 heterocycles. The Kier molecular flexibility index (Phi) is 18.4. The van der Waals surface area contributed by atoms with Gasteiger partial charge in [-0.3, -0.25) is 28.8 Å². The van der Waals surface area contributed by atoms with Gasteiger partial charge in [0.05, 0.1) is 72.9 Å². The van der Waals surface area contributed by atoms with Crippen molar-refractivity contribution in [3.63, 3.8) is 0 Å². The van der Waals surface area contributed by atoms with Gasteiger partial charge in [-0.05, 0) is 318 Å². The van der Waals surface area contributed by atoms with Gasteiger partial charge in [-0.1, -0.05) is 41.5 Å². The van der Waals surface area contributed by atoms with Crippen LogP contribution in [0.2, 0.25) is 0 Å². The molecule has 1 unspecified atom stereocenters. The van der Waals surface area contributed by atoms with Gasteiger partial charge in [0.25, 0.3) is 0 Å². The van der Waals surface area contributed by atoms with Gasteiger partial charge in [-0.25, -0.2) is 4.98 Å². The number of Topliss-reactive ketones (excluding diaryl/α,β-unsaturated/α-hetero) is 4. The Morgan fingerprint density at radius 3 is 1.30 bits per heavy atom. The highest BCUT2D eigenvalue weighted by atomic mass is 16.5. The maximum Gasteiger partial charge on any atom is 0.162 e. The van der Waals surface area contributed by atoms with Gasteiger partial charge < -0.3 is 24.6 Å². The van der Waals surface area contributed by atoms with E-state index >= 15 is 0 Å². The van der Waals surface area contributed by atoms with Gasteiger partial charge in [-0.15, -0.1) is 0 Å². The summed E-state index contributed by atoms with van der Waals surface area (Å²) in [6.45, 7) is 30.8. The van der Waals surface area contributed by atoms with Crippen molar-refractivity contribution in [2.75, 3.05) is 26.3 Å². The van der Waals surface area contributed by atoms with Crippen LogP contribution in [0.4, 0.5) is 0 Å². The third-order valence-corrected chi connectivity index (χ3v) is 32.4. The largest absolute Gasteiger partial charge is 0.390 e. The normalized spacial score (nSPS) is 48.3. The molecule has 1 aliphatic heterocycles. The number of rotatable bonds is 10. The SMILES string of the molecule is CC(=O)c1cnn(CC(=O)[C@H]2CC[C@H]3[C@@H]4CC[C@H]5C[C@](C)(O)CC[C@]5(C)[C@H]4CC[C@]23C)c1.CC(C(=O)[C@H]1CC[C@H]2[C@@H]3CC[C@H]4C[C@](C)(O)CC[C@]4(C)[C@H]3CC[C@]12C)N1CCOCC1.Cc1cn(CC(=O)[C@H]2CC[C@H]3[C@@H]4CC[C@H]5C[C@](C)(O)CC[C@]5(C)[C@H]4CC[C@]23C)cn1. The molecule has 3 N–H and O–H groups in total. The maximum absolute atomic E-state index is 13.7. The number of hydrogen-bond donors (Lipinski definition) is 3. The van der Waals surface area contributed by atoms with Gasteiger partial charge in [0, 0.05) is 43.2 Å². The lowest BCUT2D eigenvalue weighted by Crippen LogP contribution is -2.56. The highest BCUT2D eigenvalue weighted by molar-refractivity contribution is 5.93. The molecule has 0 spiro atoms. The van der Waals surface area contributed by atoms with E-state index < -0.39 is 16.8 Å². The van der Waals surface area contributed by atoms with E-state index in [9.17, 15) is 34.5 Å². The van der Waals surface area contributed by atoms with Crippen molar-refractivity contribution in [1.82, 2.24) is 24.2 Å². The molecule has 2 aromatic heterocycles. The number of fused-ring (bicyclic) bond motifs is 15. The second-order valence-electron chi connectivity index (χ2n) is 37.4. The number of hydrogen-bond acceptors (Lipinski definition) is 11. The van der Waals surface area contributed by atoms with E-state index in [2.05, 4.69) is 70.4 Å². The molecule has 0 aromatic carbocycles. The summed E-state index contributed by atoms with van der Waals surface area (Å²) in [6.07, 6.45) is 38.3. The minimum Gasteiger partial charge on any atom is -0.390 e. The predicted molar refractivity (Wildman–Crippen MR) is 364 cm³/mol. The van der Waals surface area contributed by atoms with E-state index in [0.717, 1.165) is 144 Å². The molecule has 518 valence electrons. The Labute approximate surface area is 560 Å². The van der Waals surface area contributed by atoms with Crippen LogP contribution in [0.5, 0.6) is 0 Å². The molecular formula is C80H125N5O8. The van der Waals surface area contributed by atoms with Crippen molar-refractivity contribution in [1.29, 1.82) is 0 Å². The third kappa shape index (κ3) is 12.2. The number of carbonyl (C=O) groups excluding carboxylic acids is 4.